The van der Waals surface area contributed by atoms with Gasteiger partial charge in [0.2, 0.25) is 0 Å². The van der Waals surface area contributed by atoms with Gasteiger partial charge in [0.15, 0.2) is 0 Å². The third kappa shape index (κ3) is 3.30. The first-order valence-corrected chi connectivity index (χ1v) is 7.88. The summed E-state index contributed by atoms with van der Waals surface area (Å²) < 4.78 is 1.12. The van der Waals surface area contributed by atoms with Gasteiger partial charge in [-0.25, -0.2) is 0 Å². The van der Waals surface area contributed by atoms with Gasteiger partial charge in [-0.3, -0.25) is 14.9 Å². The largest absolute Gasteiger partial charge is 0.379 e. The molecular formula is C16H15ClN4O3. The second-order valence-corrected chi connectivity index (χ2v) is 5.87. The number of anilines is 1. The van der Waals surface area contributed by atoms with E-state index in [0.717, 1.165) is 23.9 Å². The van der Waals surface area contributed by atoms with Gasteiger partial charge in [-0.1, -0.05) is 23.8 Å². The third-order valence-electron chi connectivity index (χ3n) is 3.85. The Kier molecular flexibility index (Phi) is 4.61. The highest BCUT2D eigenvalue weighted by molar-refractivity contribution is 6.32. The fraction of sp³-hybridized carbons (Fsp3) is 0.250. The van der Waals surface area contributed by atoms with Crippen LogP contribution in [-0.2, 0) is 0 Å². The van der Waals surface area contributed by atoms with Crippen LogP contribution in [0.15, 0.2) is 47.4 Å². The van der Waals surface area contributed by atoms with Crippen molar-refractivity contribution in [3.8, 4) is 5.69 Å². The maximum atomic E-state index is 12.4. The Morgan fingerprint density at radius 3 is 2.67 bits per heavy atom. The summed E-state index contributed by atoms with van der Waals surface area (Å²) in [6.07, 6.45) is 8.57. The minimum Gasteiger partial charge on any atom is -0.379 e. The van der Waals surface area contributed by atoms with Gasteiger partial charge in [0.25, 0.3) is 11.2 Å². The molecule has 0 spiro atoms. The van der Waals surface area contributed by atoms with Crippen LogP contribution in [0.25, 0.3) is 5.69 Å². The summed E-state index contributed by atoms with van der Waals surface area (Å²) in [5.41, 5.74) is 0.392. The van der Waals surface area contributed by atoms with Crippen LogP contribution in [-0.4, -0.2) is 20.7 Å². The molecule has 8 heteroatoms. The van der Waals surface area contributed by atoms with Crippen LogP contribution < -0.4 is 10.9 Å². The first-order chi connectivity index (χ1) is 11.6. The van der Waals surface area contributed by atoms with E-state index in [0.29, 0.717) is 11.4 Å². The monoisotopic (exact) mass is 346 g/mol. The van der Waals surface area contributed by atoms with Crippen LogP contribution in [0, 0.1) is 10.1 Å². The van der Waals surface area contributed by atoms with Gasteiger partial charge >= 0.3 is 0 Å². The van der Waals surface area contributed by atoms with Crippen molar-refractivity contribution in [3.05, 3.63) is 68.1 Å². The Labute approximate surface area is 142 Å². The van der Waals surface area contributed by atoms with E-state index in [1.165, 1.54) is 30.5 Å². The molecule has 1 N–H and O–H groups in total. The van der Waals surface area contributed by atoms with Crippen molar-refractivity contribution in [1.82, 2.24) is 9.78 Å². The van der Waals surface area contributed by atoms with Crippen LogP contribution in [0.3, 0.4) is 0 Å². The number of allylic oxidation sites excluding steroid dienone is 1. The molecule has 1 aliphatic carbocycles. The van der Waals surface area contributed by atoms with E-state index < -0.39 is 10.5 Å². The molecule has 124 valence electrons. The molecule has 0 saturated heterocycles. The number of hydrogen-bond donors (Lipinski definition) is 1. The molecule has 1 aromatic carbocycles. The van der Waals surface area contributed by atoms with E-state index in [1.807, 2.05) is 0 Å². The van der Waals surface area contributed by atoms with Crippen LogP contribution in [0.2, 0.25) is 5.02 Å². The SMILES string of the molecule is O=c1c(Cl)c(NC2CC=CCC2)cnn1-c1ccc([N+](=O)[O-])cc1. The standard InChI is InChI=1S/C16H15ClN4O3/c17-15-14(19-11-4-2-1-3-5-11)10-18-20(16(15)22)12-6-8-13(9-7-12)21(23)24/h1-2,6-11,19H,3-5H2. The molecule has 1 heterocycles. The molecule has 0 amide bonds. The van der Waals surface area contributed by atoms with Crippen molar-refractivity contribution in [3.63, 3.8) is 0 Å². The first-order valence-electron chi connectivity index (χ1n) is 7.50. The summed E-state index contributed by atoms with van der Waals surface area (Å²) in [5.74, 6) is 0. The first kappa shape index (κ1) is 16.2. The average molecular weight is 347 g/mol. The van der Waals surface area contributed by atoms with Crippen molar-refractivity contribution >= 4 is 23.0 Å². The third-order valence-corrected chi connectivity index (χ3v) is 4.22. The highest BCUT2D eigenvalue weighted by Crippen LogP contribution is 2.22. The number of rotatable bonds is 4. The number of nitro benzene ring substituents is 1. The Hall–Kier alpha value is -2.67. The molecule has 3 rings (SSSR count). The summed E-state index contributed by atoms with van der Waals surface area (Å²) in [4.78, 5) is 22.6. The summed E-state index contributed by atoms with van der Waals surface area (Å²) >= 11 is 6.19. The Bertz CT molecular complexity index is 845. The lowest BCUT2D eigenvalue weighted by Crippen LogP contribution is -2.26. The van der Waals surface area contributed by atoms with Crippen LogP contribution in [0.5, 0.6) is 0 Å². The molecule has 0 bridgehead atoms. The number of hydrogen-bond acceptors (Lipinski definition) is 5. The molecule has 1 atom stereocenters. The van der Waals surface area contributed by atoms with Gasteiger partial charge < -0.3 is 5.32 Å². The summed E-state index contributed by atoms with van der Waals surface area (Å²) in [5, 5.41) is 18.1. The predicted molar refractivity (Wildman–Crippen MR) is 91.9 cm³/mol. The van der Waals surface area contributed by atoms with E-state index in [2.05, 4.69) is 22.6 Å². The number of non-ortho nitro benzene ring substituents is 1. The van der Waals surface area contributed by atoms with E-state index in [9.17, 15) is 14.9 Å². The average Bonchev–Trinajstić information content (AvgIpc) is 2.60. The minimum absolute atomic E-state index is 0.0536. The van der Waals surface area contributed by atoms with Crippen molar-refractivity contribution in [2.24, 2.45) is 0 Å². The maximum absolute atomic E-state index is 12.4. The van der Waals surface area contributed by atoms with E-state index in [4.69, 9.17) is 11.6 Å². The van der Waals surface area contributed by atoms with Crippen molar-refractivity contribution in [1.29, 1.82) is 0 Å². The van der Waals surface area contributed by atoms with Crippen LogP contribution >= 0.6 is 11.6 Å². The molecule has 1 aliphatic rings. The smallest absolute Gasteiger partial charge is 0.292 e. The number of nitrogens with one attached hydrogen (secondary N) is 1. The van der Waals surface area contributed by atoms with Crippen molar-refractivity contribution in [2.45, 2.75) is 25.3 Å². The molecule has 7 nitrogen and oxygen atoms in total. The lowest BCUT2D eigenvalue weighted by molar-refractivity contribution is -0.384. The van der Waals surface area contributed by atoms with Gasteiger partial charge in [-0.05, 0) is 31.4 Å². The molecule has 2 aromatic rings. The maximum Gasteiger partial charge on any atom is 0.292 e. The van der Waals surface area contributed by atoms with E-state index in [1.54, 1.807) is 0 Å². The fourth-order valence-electron chi connectivity index (χ4n) is 2.58. The van der Waals surface area contributed by atoms with Gasteiger partial charge in [-0.2, -0.15) is 9.78 Å². The normalized spacial score (nSPS) is 16.8. The Morgan fingerprint density at radius 1 is 1.29 bits per heavy atom. The van der Waals surface area contributed by atoms with Crippen LogP contribution in [0.1, 0.15) is 19.3 Å². The molecule has 1 aromatic heterocycles. The second-order valence-electron chi connectivity index (χ2n) is 5.49. The summed E-state index contributed by atoms with van der Waals surface area (Å²) in [7, 11) is 0. The minimum atomic E-state index is -0.501. The highest BCUT2D eigenvalue weighted by atomic mass is 35.5. The Balaban J connectivity index is 1.88. The second kappa shape index (κ2) is 6.84. The number of benzene rings is 1. The van der Waals surface area contributed by atoms with Crippen LogP contribution in [0.4, 0.5) is 11.4 Å². The van der Waals surface area contributed by atoms with Gasteiger partial charge in [-0.15, -0.1) is 0 Å². The molecule has 0 fully saturated rings. The zero-order valence-corrected chi connectivity index (χ0v) is 13.4. The van der Waals surface area contributed by atoms with Crippen molar-refractivity contribution < 1.29 is 4.92 Å². The predicted octanol–water partition coefficient (Wildman–Crippen LogP) is 3.31. The highest BCUT2D eigenvalue weighted by Gasteiger charge is 2.15. The zero-order chi connectivity index (χ0) is 17.1. The molecule has 1 unspecified atom stereocenters. The number of nitrogens with zero attached hydrogens (tertiary/aromatic N) is 3. The molecular weight excluding hydrogens is 332 g/mol. The molecule has 0 radical (unpaired) electrons. The fourth-order valence-corrected chi connectivity index (χ4v) is 2.76. The van der Waals surface area contributed by atoms with Gasteiger partial charge in [0.05, 0.1) is 22.5 Å². The molecule has 0 aliphatic heterocycles. The topological polar surface area (TPSA) is 90.1 Å². The number of halogens is 1. The lowest BCUT2D eigenvalue weighted by Gasteiger charge is -2.21. The lowest BCUT2D eigenvalue weighted by atomic mass is 10.0. The number of nitro groups is 1. The van der Waals surface area contributed by atoms with Crippen molar-refractivity contribution in [2.75, 3.05) is 5.32 Å². The molecule has 0 saturated carbocycles. The van der Waals surface area contributed by atoms with E-state index >= 15 is 0 Å². The van der Waals surface area contributed by atoms with Gasteiger partial charge in [0, 0.05) is 18.2 Å². The quantitative estimate of drug-likeness (QED) is 0.521. The summed E-state index contributed by atoms with van der Waals surface area (Å²) in [6, 6.07) is 5.78. The Morgan fingerprint density at radius 2 is 2.04 bits per heavy atom. The number of aromatic nitrogens is 2. The van der Waals surface area contributed by atoms with E-state index in [-0.39, 0.29) is 16.8 Å². The molecule has 24 heavy (non-hydrogen) atoms. The summed E-state index contributed by atoms with van der Waals surface area (Å²) in [6.45, 7) is 0. The zero-order valence-electron chi connectivity index (χ0n) is 12.7. The van der Waals surface area contributed by atoms with Gasteiger partial charge in [0.1, 0.15) is 5.02 Å².